The largest absolute Gasteiger partial charge is 0.480 e. The lowest BCUT2D eigenvalue weighted by molar-refractivity contribution is -0.137. The molecule has 0 aliphatic carbocycles. The molecule has 6 nitrogen and oxygen atoms in total. The van der Waals surface area contributed by atoms with Crippen molar-refractivity contribution in [3.05, 3.63) is 77.5 Å². The van der Waals surface area contributed by atoms with Crippen molar-refractivity contribution in [2.45, 2.75) is 13.1 Å². The number of amides is 1. The van der Waals surface area contributed by atoms with Gasteiger partial charge in [0.2, 0.25) is 0 Å². The van der Waals surface area contributed by atoms with Crippen LogP contribution in [0.5, 0.6) is 0 Å². The quantitative estimate of drug-likeness (QED) is 0.531. The molecule has 3 aromatic rings. The maximum Gasteiger partial charge on any atom is 0.323 e. The Bertz CT molecular complexity index is 1090. The first-order valence-corrected chi connectivity index (χ1v) is 8.70. The zero-order valence-electron chi connectivity index (χ0n) is 15.4. The molecule has 0 aliphatic heterocycles. The van der Waals surface area contributed by atoms with E-state index < -0.39 is 5.97 Å². The summed E-state index contributed by atoms with van der Waals surface area (Å²) in [5.41, 5.74) is 2.33. The Balaban J connectivity index is 1.93. The number of benzene rings is 2. The first-order valence-electron chi connectivity index (χ1n) is 8.70. The second-order valence-corrected chi connectivity index (χ2v) is 6.44. The van der Waals surface area contributed by atoms with Gasteiger partial charge < -0.3 is 14.6 Å². The Labute approximate surface area is 162 Å². The lowest BCUT2D eigenvalue weighted by atomic mass is 10.1. The van der Waals surface area contributed by atoms with Crippen LogP contribution in [0.4, 0.5) is 0 Å². The monoisotopic (exact) mass is 373 g/mol. The van der Waals surface area contributed by atoms with E-state index in [1.54, 1.807) is 17.8 Å². The van der Waals surface area contributed by atoms with Gasteiger partial charge in [0.1, 0.15) is 18.2 Å². The lowest BCUT2D eigenvalue weighted by Gasteiger charge is -2.16. The summed E-state index contributed by atoms with van der Waals surface area (Å²) in [5, 5.41) is 19.4. The zero-order chi connectivity index (χ0) is 20.1. The van der Waals surface area contributed by atoms with Gasteiger partial charge in [0.05, 0.1) is 0 Å². The van der Waals surface area contributed by atoms with Crippen LogP contribution < -0.4 is 0 Å². The fraction of sp³-hybridized carbons (Fsp3) is 0.136. The molecule has 140 valence electrons. The van der Waals surface area contributed by atoms with Gasteiger partial charge in [-0.2, -0.15) is 5.26 Å². The summed E-state index contributed by atoms with van der Waals surface area (Å²) in [6.07, 6.45) is 3.17. The average molecular weight is 373 g/mol. The van der Waals surface area contributed by atoms with Gasteiger partial charge in [-0.05, 0) is 17.7 Å². The molecular formula is C22H19N3O3. The topological polar surface area (TPSA) is 86.3 Å². The predicted octanol–water partition coefficient (Wildman–Crippen LogP) is 3.29. The van der Waals surface area contributed by atoms with Crippen molar-refractivity contribution in [3.63, 3.8) is 0 Å². The molecule has 0 saturated carbocycles. The molecular weight excluding hydrogens is 354 g/mol. The highest BCUT2D eigenvalue weighted by Gasteiger charge is 2.17. The third-order valence-electron chi connectivity index (χ3n) is 4.38. The first-order chi connectivity index (χ1) is 13.5. The molecule has 1 N–H and O–H groups in total. The van der Waals surface area contributed by atoms with Crippen molar-refractivity contribution in [2.75, 3.05) is 7.05 Å². The highest BCUT2D eigenvalue weighted by atomic mass is 16.4. The average Bonchev–Trinajstić information content (AvgIpc) is 3.03. The van der Waals surface area contributed by atoms with Gasteiger partial charge in [-0.25, -0.2) is 0 Å². The standard InChI is InChI=1S/C22H19N3O3/c1-24(13-16-7-3-2-4-8-16)22(28)17(12-23)11-18-14-25(15-21(26)27)20-10-6-5-9-19(18)20/h2-11,14H,13,15H2,1H3,(H,26,27). The van der Waals surface area contributed by atoms with Crippen molar-refractivity contribution in [1.82, 2.24) is 9.47 Å². The van der Waals surface area contributed by atoms with E-state index >= 15 is 0 Å². The highest BCUT2D eigenvalue weighted by Crippen LogP contribution is 2.24. The smallest absolute Gasteiger partial charge is 0.323 e. The fourth-order valence-electron chi connectivity index (χ4n) is 3.10. The number of aromatic nitrogens is 1. The first kappa shape index (κ1) is 18.9. The molecule has 0 saturated heterocycles. The van der Waals surface area contributed by atoms with Gasteiger partial charge in [-0.15, -0.1) is 0 Å². The lowest BCUT2D eigenvalue weighted by Crippen LogP contribution is -2.27. The zero-order valence-corrected chi connectivity index (χ0v) is 15.4. The number of para-hydroxylation sites is 1. The minimum atomic E-state index is -0.963. The number of carbonyl (C=O) groups excluding carboxylic acids is 1. The third-order valence-corrected chi connectivity index (χ3v) is 4.38. The number of carboxylic acid groups (broad SMARTS) is 1. The van der Waals surface area contributed by atoms with Crippen molar-refractivity contribution >= 4 is 28.9 Å². The van der Waals surface area contributed by atoms with Crippen LogP contribution in [-0.4, -0.2) is 33.5 Å². The van der Waals surface area contributed by atoms with Gasteiger partial charge in [-0.1, -0.05) is 48.5 Å². The molecule has 0 aliphatic rings. The van der Waals surface area contributed by atoms with E-state index in [2.05, 4.69) is 0 Å². The molecule has 0 unspecified atom stereocenters. The van der Waals surface area contributed by atoms with Crippen molar-refractivity contribution in [1.29, 1.82) is 5.26 Å². The Kier molecular flexibility index (Phi) is 5.56. The number of nitriles is 1. The predicted molar refractivity (Wildman–Crippen MR) is 106 cm³/mol. The van der Waals surface area contributed by atoms with Gasteiger partial charge in [0.15, 0.2) is 0 Å². The number of hydrogen-bond acceptors (Lipinski definition) is 3. The molecule has 2 aromatic carbocycles. The number of fused-ring (bicyclic) bond motifs is 1. The molecule has 0 spiro atoms. The second kappa shape index (κ2) is 8.23. The van der Waals surface area contributed by atoms with Crippen molar-refractivity contribution < 1.29 is 14.7 Å². The number of carboxylic acids is 1. The van der Waals surface area contributed by atoms with Crippen LogP contribution in [-0.2, 0) is 22.7 Å². The fourth-order valence-corrected chi connectivity index (χ4v) is 3.10. The van der Waals surface area contributed by atoms with E-state index in [-0.39, 0.29) is 18.0 Å². The molecule has 1 amide bonds. The molecule has 28 heavy (non-hydrogen) atoms. The maximum absolute atomic E-state index is 12.7. The summed E-state index contributed by atoms with van der Waals surface area (Å²) < 4.78 is 1.59. The normalized spacial score (nSPS) is 11.2. The van der Waals surface area contributed by atoms with Gasteiger partial charge in [0.25, 0.3) is 5.91 Å². The van der Waals surface area contributed by atoms with Crippen LogP contribution in [0.3, 0.4) is 0 Å². The number of likely N-dealkylation sites (N-methyl/N-ethyl adjacent to an activating group) is 1. The third kappa shape index (κ3) is 4.10. The van der Waals surface area contributed by atoms with E-state index in [0.717, 1.165) is 16.5 Å². The van der Waals surface area contributed by atoms with Crippen LogP contribution in [0, 0.1) is 11.3 Å². The van der Waals surface area contributed by atoms with Crippen LogP contribution in [0.15, 0.2) is 66.4 Å². The van der Waals surface area contributed by atoms with Gasteiger partial charge >= 0.3 is 5.97 Å². The number of nitrogens with zero attached hydrogens (tertiary/aromatic N) is 3. The molecule has 1 aromatic heterocycles. The van der Waals surface area contributed by atoms with Crippen LogP contribution in [0.2, 0.25) is 0 Å². The highest BCUT2D eigenvalue weighted by molar-refractivity contribution is 6.04. The Morgan fingerprint density at radius 2 is 1.82 bits per heavy atom. The van der Waals surface area contributed by atoms with E-state index in [0.29, 0.717) is 12.1 Å². The van der Waals surface area contributed by atoms with Crippen LogP contribution >= 0.6 is 0 Å². The van der Waals surface area contributed by atoms with Crippen molar-refractivity contribution in [2.24, 2.45) is 0 Å². The molecule has 0 bridgehead atoms. The molecule has 0 atom stereocenters. The SMILES string of the molecule is CN(Cc1ccccc1)C(=O)C(C#N)=Cc1cn(CC(=O)O)c2ccccc12. The van der Waals surface area contributed by atoms with Crippen LogP contribution in [0.1, 0.15) is 11.1 Å². The maximum atomic E-state index is 12.7. The molecule has 3 rings (SSSR count). The summed E-state index contributed by atoms with van der Waals surface area (Å²) in [6.45, 7) is 0.192. The van der Waals surface area contributed by atoms with Gasteiger partial charge in [0, 0.05) is 36.3 Å². The number of rotatable bonds is 6. The minimum absolute atomic E-state index is 0.00309. The summed E-state index contributed by atoms with van der Waals surface area (Å²) in [5.74, 6) is -1.35. The second-order valence-electron chi connectivity index (χ2n) is 6.44. The van der Waals surface area contributed by atoms with Crippen molar-refractivity contribution in [3.8, 4) is 6.07 Å². The number of carbonyl (C=O) groups is 2. The minimum Gasteiger partial charge on any atom is -0.480 e. The van der Waals surface area contributed by atoms with E-state index in [4.69, 9.17) is 5.11 Å². The Hall–Kier alpha value is -3.85. The number of aliphatic carboxylic acids is 1. The van der Waals surface area contributed by atoms with Gasteiger partial charge in [-0.3, -0.25) is 9.59 Å². The summed E-state index contributed by atoms with van der Waals surface area (Å²) in [4.78, 5) is 25.3. The summed E-state index contributed by atoms with van der Waals surface area (Å²) in [6, 6.07) is 18.8. The molecule has 6 heteroatoms. The van der Waals surface area contributed by atoms with E-state index in [1.807, 2.05) is 60.7 Å². The Morgan fingerprint density at radius 1 is 1.14 bits per heavy atom. The summed E-state index contributed by atoms with van der Waals surface area (Å²) >= 11 is 0. The number of hydrogen-bond donors (Lipinski definition) is 1. The summed E-state index contributed by atoms with van der Waals surface area (Å²) in [7, 11) is 1.65. The Morgan fingerprint density at radius 3 is 2.50 bits per heavy atom. The molecule has 0 radical (unpaired) electrons. The molecule has 1 heterocycles. The molecule has 0 fully saturated rings. The van der Waals surface area contributed by atoms with E-state index in [9.17, 15) is 14.9 Å². The van der Waals surface area contributed by atoms with Crippen LogP contribution in [0.25, 0.3) is 17.0 Å². The van der Waals surface area contributed by atoms with E-state index in [1.165, 1.54) is 11.0 Å².